The highest BCUT2D eigenvalue weighted by Gasteiger charge is 2.34. The second kappa shape index (κ2) is 24.1. The number of rotatable bonds is 10. The number of benzene rings is 8. The van der Waals surface area contributed by atoms with Crippen LogP contribution in [-0.4, -0.2) is 35.1 Å². The molecule has 1 N–H and O–H groups in total. The summed E-state index contributed by atoms with van der Waals surface area (Å²) in [6.45, 7) is 0. The van der Waals surface area contributed by atoms with E-state index >= 15 is 0 Å². The van der Waals surface area contributed by atoms with E-state index in [1.54, 1.807) is 78.9 Å². The van der Waals surface area contributed by atoms with Crippen molar-refractivity contribution in [3.05, 3.63) is 292 Å². The number of fused-ring (bicyclic) bond motifs is 6. The van der Waals surface area contributed by atoms with Crippen LogP contribution < -0.4 is 10.4 Å². The summed E-state index contributed by atoms with van der Waals surface area (Å²) in [5, 5.41) is 21.2. The van der Waals surface area contributed by atoms with Crippen LogP contribution in [0, 0.1) is 0 Å². The van der Waals surface area contributed by atoms with E-state index in [9.17, 15) is 55.4 Å². The zero-order chi connectivity index (χ0) is 57.3. The van der Waals surface area contributed by atoms with Crippen molar-refractivity contribution in [1.29, 1.82) is 0 Å². The number of aliphatic imine (C=N–C) groups is 1. The van der Waals surface area contributed by atoms with Crippen LogP contribution in [0.4, 0.5) is 37.7 Å². The van der Waals surface area contributed by atoms with Gasteiger partial charge in [-0.2, -0.15) is 26.3 Å². The molecule has 0 saturated carbocycles. The highest BCUT2D eigenvalue weighted by atomic mass is 19.4. The average Bonchev–Trinajstić information content (AvgIpc) is 4.15. The Morgan fingerprint density at radius 3 is 1.40 bits per heavy atom. The minimum Gasteiger partial charge on any atom is -0.872 e. The van der Waals surface area contributed by atoms with Gasteiger partial charge in [0.1, 0.15) is 0 Å². The fourth-order valence-corrected chi connectivity index (χ4v) is 8.97. The molecule has 11 rings (SSSR count). The van der Waals surface area contributed by atoms with E-state index in [0.717, 1.165) is 56.6 Å². The molecule has 14 heteroatoms. The first-order valence-corrected chi connectivity index (χ1v) is 25.0. The predicted octanol–water partition coefficient (Wildman–Crippen LogP) is 15.7. The topological polar surface area (TPSA) is 133 Å². The summed E-state index contributed by atoms with van der Waals surface area (Å²) in [4.78, 5) is 65.2. The Balaban J connectivity index is 0.000000159. The molecule has 0 unspecified atom stereocenters. The van der Waals surface area contributed by atoms with Gasteiger partial charge in [0.05, 0.1) is 28.8 Å². The Kier molecular flexibility index (Phi) is 16.5. The number of nitrogens with one attached hydrogen (secondary N) is 1. The van der Waals surface area contributed by atoms with Crippen LogP contribution in [0.3, 0.4) is 0 Å². The molecule has 8 aromatic carbocycles. The minimum atomic E-state index is -4.42. The first kappa shape index (κ1) is 55.4. The van der Waals surface area contributed by atoms with Crippen molar-refractivity contribution >= 4 is 84.6 Å². The third kappa shape index (κ3) is 13.0. The summed E-state index contributed by atoms with van der Waals surface area (Å²) in [5.74, 6) is -1.22. The SMILES string of the molecule is FC(F)(F)c1cccc(N=C/C=C/C=C/C=C/Nc2cccc(C(F)(F)F)c2)c1.O=C1C(=C/C=C/C=C/C=C/C2=C([O-])c3cc4ccccc4cc3C2=O)C(=O)c2cc3ccccc3cc21.O=C1CC(=O)c2cc3ccccc3cc21. The van der Waals surface area contributed by atoms with Crippen LogP contribution in [-0.2, 0) is 12.4 Å². The van der Waals surface area contributed by atoms with Crippen LogP contribution in [0.15, 0.2) is 253 Å². The number of nitrogens with zero attached hydrogens (tertiary/aromatic N) is 1. The zero-order valence-corrected chi connectivity index (χ0v) is 42.5. The number of ketones is 5. The van der Waals surface area contributed by atoms with Gasteiger partial charge in [0.25, 0.3) is 0 Å². The van der Waals surface area contributed by atoms with E-state index in [0.29, 0.717) is 39.1 Å². The molecule has 3 aliphatic carbocycles. The molecule has 400 valence electrons. The molecule has 0 atom stereocenters. The Labute approximate surface area is 459 Å². The summed E-state index contributed by atoms with van der Waals surface area (Å²) in [6, 6.07) is 43.2. The molecule has 0 saturated heterocycles. The Morgan fingerprint density at radius 1 is 0.432 bits per heavy atom. The smallest absolute Gasteiger partial charge is 0.416 e. The average molecular weight is 1090 g/mol. The lowest BCUT2D eigenvalue weighted by Gasteiger charge is -2.10. The molecule has 81 heavy (non-hydrogen) atoms. The summed E-state index contributed by atoms with van der Waals surface area (Å²) >= 11 is 0. The second-order valence-corrected chi connectivity index (χ2v) is 18.4. The van der Waals surface area contributed by atoms with Crippen LogP contribution in [0.2, 0.25) is 0 Å². The molecule has 0 radical (unpaired) electrons. The van der Waals surface area contributed by atoms with Crippen LogP contribution >= 0.6 is 0 Å². The molecule has 0 fully saturated rings. The van der Waals surface area contributed by atoms with Gasteiger partial charge in [-0.25, -0.2) is 0 Å². The van der Waals surface area contributed by atoms with Crippen molar-refractivity contribution in [3.8, 4) is 0 Å². The molecule has 0 heterocycles. The van der Waals surface area contributed by atoms with Crippen molar-refractivity contribution in [2.45, 2.75) is 18.8 Å². The molecule has 0 bridgehead atoms. The van der Waals surface area contributed by atoms with Gasteiger partial charge in [0, 0.05) is 51.5 Å². The lowest BCUT2D eigenvalue weighted by molar-refractivity contribution is -0.244. The van der Waals surface area contributed by atoms with Crippen LogP contribution in [0.1, 0.15) is 74.9 Å². The molecular weight excluding hydrogens is 1040 g/mol. The number of anilines is 1. The van der Waals surface area contributed by atoms with E-state index in [4.69, 9.17) is 0 Å². The largest absolute Gasteiger partial charge is 0.872 e. The van der Waals surface area contributed by atoms with E-state index in [2.05, 4.69) is 10.3 Å². The van der Waals surface area contributed by atoms with Gasteiger partial charge in [-0.1, -0.05) is 145 Å². The lowest BCUT2D eigenvalue weighted by Crippen LogP contribution is -2.04. The van der Waals surface area contributed by atoms with E-state index in [-0.39, 0.29) is 57.9 Å². The van der Waals surface area contributed by atoms with Gasteiger partial charge >= 0.3 is 12.4 Å². The van der Waals surface area contributed by atoms with Crippen LogP contribution in [0.25, 0.3) is 38.1 Å². The van der Waals surface area contributed by atoms with E-state index < -0.39 is 23.5 Å². The lowest BCUT2D eigenvalue weighted by atomic mass is 10.0. The molecular formula is C67H43F6N2O6-. The Hall–Kier alpha value is -10.3. The molecule has 0 amide bonds. The molecule has 0 spiro atoms. The summed E-state index contributed by atoms with van der Waals surface area (Å²) in [6.07, 6.45) is 13.3. The Morgan fingerprint density at radius 2 is 0.864 bits per heavy atom. The molecule has 0 aromatic heterocycles. The monoisotopic (exact) mass is 1090 g/mol. The highest BCUT2D eigenvalue weighted by Crippen LogP contribution is 2.36. The number of allylic oxidation sites excluding steroid dienone is 14. The third-order valence-corrected chi connectivity index (χ3v) is 13.0. The molecule has 8 aromatic rings. The maximum absolute atomic E-state index is 12.8. The maximum atomic E-state index is 12.8. The summed E-state index contributed by atoms with van der Waals surface area (Å²) in [5.41, 5.74) is 2.12. The van der Waals surface area contributed by atoms with Gasteiger partial charge in [-0.05, 0) is 129 Å². The van der Waals surface area contributed by atoms with Crippen molar-refractivity contribution in [2.24, 2.45) is 4.99 Å². The second-order valence-electron chi connectivity index (χ2n) is 18.4. The number of carbonyl (C=O) groups excluding carboxylic acids is 5. The fraction of sp³-hybridized carbons (Fsp3) is 0.0448. The molecule has 8 nitrogen and oxygen atoms in total. The van der Waals surface area contributed by atoms with Crippen LogP contribution in [0.5, 0.6) is 0 Å². The first-order chi connectivity index (χ1) is 38.9. The Bertz CT molecular complexity index is 4040. The summed E-state index contributed by atoms with van der Waals surface area (Å²) < 4.78 is 75.6. The van der Waals surface area contributed by atoms with Crippen molar-refractivity contribution in [2.75, 3.05) is 5.32 Å². The number of alkyl halides is 6. The quantitative estimate of drug-likeness (QED) is 0.0360. The number of carbonyl (C=O) groups is 5. The van der Waals surface area contributed by atoms with E-state index in [1.807, 2.05) is 84.9 Å². The highest BCUT2D eigenvalue weighted by molar-refractivity contribution is 6.40. The number of halogens is 6. The van der Waals surface area contributed by atoms with Gasteiger partial charge in [-0.3, -0.25) is 29.0 Å². The van der Waals surface area contributed by atoms with E-state index in [1.165, 1.54) is 54.9 Å². The van der Waals surface area contributed by atoms with Gasteiger partial charge in [0.15, 0.2) is 28.9 Å². The van der Waals surface area contributed by atoms with Gasteiger partial charge in [-0.15, -0.1) is 0 Å². The molecule has 3 aliphatic rings. The normalized spacial score (nSPS) is 14.5. The number of Topliss-reactive ketones (excluding diaryl/α,β-unsaturated/α-hetero) is 5. The number of hydrogen-bond acceptors (Lipinski definition) is 8. The van der Waals surface area contributed by atoms with Crippen molar-refractivity contribution in [1.82, 2.24) is 0 Å². The maximum Gasteiger partial charge on any atom is 0.416 e. The minimum absolute atomic E-state index is 0.0334. The summed E-state index contributed by atoms with van der Waals surface area (Å²) in [7, 11) is 0. The van der Waals surface area contributed by atoms with Crippen molar-refractivity contribution < 1.29 is 55.4 Å². The number of hydrogen-bond donors (Lipinski definition) is 1. The zero-order valence-electron chi connectivity index (χ0n) is 42.5. The standard InChI is InChI=1S/C33H20O4.C21H16F6N2.C13H8O2/c34-30-24(31(35)27-17-21-11-7-6-10-20(21)16-26(27)30)14-4-2-1-3-5-15-25-32(36)28-18-22-12-8-9-13-23(22)19-29(28)33(25)37;22-20(23,24)16-8-6-10-18(14-16)28-12-4-2-1-3-5-13-29-19-11-7-9-17(15-19)21(25,26)27;14-12-7-13(15)11-6-9-4-2-1-3-8(9)5-10(11)12/h1-19,34H;1-15,28H;1-6H,7H2/p-1/b2-1+,5-3+,14-4+;2-1+,5-3+,12-4+,29-13?;. The van der Waals surface area contributed by atoms with Gasteiger partial charge in [0.2, 0.25) is 0 Å². The molecule has 0 aliphatic heterocycles. The van der Waals surface area contributed by atoms with Gasteiger partial charge < -0.3 is 10.4 Å². The first-order valence-electron chi connectivity index (χ1n) is 25.0. The van der Waals surface area contributed by atoms with Crippen molar-refractivity contribution in [3.63, 3.8) is 0 Å². The predicted molar refractivity (Wildman–Crippen MR) is 303 cm³/mol. The third-order valence-electron chi connectivity index (χ3n) is 13.0. The fourth-order valence-electron chi connectivity index (χ4n) is 8.97.